The van der Waals surface area contributed by atoms with Crippen molar-refractivity contribution in [3.05, 3.63) is 127 Å². The maximum Gasteiger partial charge on any atom is 0.255 e. The van der Waals surface area contributed by atoms with Gasteiger partial charge in [0.05, 0.1) is 5.69 Å². The summed E-state index contributed by atoms with van der Waals surface area (Å²) in [5, 5.41) is 6.20. The molecule has 0 saturated heterocycles. The van der Waals surface area contributed by atoms with Crippen LogP contribution in [0.1, 0.15) is 15.9 Å². The maximum absolute atomic E-state index is 12.9. The normalized spacial score (nSPS) is 10.5. The first-order valence-corrected chi connectivity index (χ1v) is 11.5. The summed E-state index contributed by atoms with van der Waals surface area (Å²) in [6.45, 7) is 2.05. The Hall–Kier alpha value is -4.97. The van der Waals surface area contributed by atoms with Crippen LogP contribution in [0.15, 0.2) is 116 Å². The summed E-state index contributed by atoms with van der Waals surface area (Å²) in [5.74, 6) is 1.89. The van der Waals surface area contributed by atoms with Crippen LogP contribution in [0.2, 0.25) is 0 Å². The van der Waals surface area contributed by atoms with Crippen LogP contribution in [0.4, 0.5) is 17.2 Å². The van der Waals surface area contributed by atoms with Crippen LogP contribution in [0.3, 0.4) is 0 Å². The molecule has 2 N–H and O–H groups in total. The fraction of sp³-hybridized carbons (Fsp3) is 0.0333. The largest absolute Gasteiger partial charge is 0.457 e. The molecule has 1 heterocycles. The second kappa shape index (κ2) is 10.5. The maximum atomic E-state index is 12.9. The lowest BCUT2D eigenvalue weighted by atomic mass is 10.1. The van der Waals surface area contributed by atoms with Gasteiger partial charge >= 0.3 is 0 Å². The van der Waals surface area contributed by atoms with E-state index in [0.717, 1.165) is 28.3 Å². The monoisotopic (exact) mass is 472 g/mol. The Balaban J connectivity index is 1.25. The number of nitrogens with one attached hydrogen (secondary N) is 2. The fourth-order valence-corrected chi connectivity index (χ4v) is 3.71. The number of anilines is 3. The van der Waals surface area contributed by atoms with Gasteiger partial charge in [0, 0.05) is 28.6 Å². The van der Waals surface area contributed by atoms with E-state index in [1.807, 2.05) is 97.9 Å². The fourth-order valence-electron chi connectivity index (χ4n) is 3.71. The van der Waals surface area contributed by atoms with Crippen LogP contribution in [0.5, 0.6) is 11.5 Å². The van der Waals surface area contributed by atoms with Crippen molar-refractivity contribution in [1.29, 1.82) is 0 Å². The lowest BCUT2D eigenvalue weighted by Crippen LogP contribution is -2.12. The molecule has 0 aliphatic rings. The van der Waals surface area contributed by atoms with Crippen LogP contribution in [-0.4, -0.2) is 15.9 Å². The molecule has 6 heteroatoms. The summed E-state index contributed by atoms with van der Waals surface area (Å²) in [7, 11) is 0. The Bertz CT molecular complexity index is 1480. The van der Waals surface area contributed by atoms with E-state index in [1.165, 1.54) is 6.33 Å². The van der Waals surface area contributed by atoms with Crippen LogP contribution >= 0.6 is 0 Å². The molecule has 4 aromatic carbocycles. The smallest absolute Gasteiger partial charge is 0.255 e. The second-order valence-electron chi connectivity index (χ2n) is 8.26. The topological polar surface area (TPSA) is 76.1 Å². The van der Waals surface area contributed by atoms with Crippen molar-refractivity contribution in [2.75, 3.05) is 10.6 Å². The number of nitrogens with zero attached hydrogens (tertiary/aromatic N) is 2. The Labute approximate surface area is 209 Å². The summed E-state index contributed by atoms with van der Waals surface area (Å²) in [6, 6.07) is 34.1. The number of benzene rings is 4. The quantitative estimate of drug-likeness (QED) is 0.261. The lowest BCUT2D eigenvalue weighted by Gasteiger charge is -2.10. The molecule has 176 valence electrons. The number of para-hydroxylation sites is 1. The molecule has 0 spiro atoms. The predicted molar refractivity (Wildman–Crippen MR) is 143 cm³/mol. The first kappa shape index (κ1) is 22.8. The van der Waals surface area contributed by atoms with Crippen molar-refractivity contribution >= 4 is 23.1 Å². The van der Waals surface area contributed by atoms with E-state index in [9.17, 15) is 4.79 Å². The summed E-state index contributed by atoms with van der Waals surface area (Å²) < 4.78 is 5.81. The number of carbonyl (C=O) groups is 1. The van der Waals surface area contributed by atoms with E-state index in [1.54, 1.807) is 12.1 Å². The molecular weight excluding hydrogens is 448 g/mol. The van der Waals surface area contributed by atoms with Crippen LogP contribution in [-0.2, 0) is 0 Å². The molecule has 0 aliphatic carbocycles. The molecule has 1 amide bonds. The zero-order valence-electron chi connectivity index (χ0n) is 19.7. The molecule has 0 atom stereocenters. The van der Waals surface area contributed by atoms with Crippen LogP contribution in [0.25, 0.3) is 11.3 Å². The van der Waals surface area contributed by atoms with Crippen molar-refractivity contribution in [3.63, 3.8) is 0 Å². The Morgan fingerprint density at radius 2 is 1.50 bits per heavy atom. The van der Waals surface area contributed by atoms with Gasteiger partial charge in [0.15, 0.2) is 0 Å². The highest BCUT2D eigenvalue weighted by molar-refractivity contribution is 6.04. The van der Waals surface area contributed by atoms with E-state index >= 15 is 0 Å². The van der Waals surface area contributed by atoms with Gasteiger partial charge in [-0.05, 0) is 67.6 Å². The first-order chi connectivity index (χ1) is 17.6. The molecule has 5 rings (SSSR count). The van der Waals surface area contributed by atoms with Gasteiger partial charge in [-0.25, -0.2) is 9.97 Å². The number of hydrogen-bond donors (Lipinski definition) is 2. The average molecular weight is 473 g/mol. The third kappa shape index (κ3) is 5.74. The van der Waals surface area contributed by atoms with Crippen molar-refractivity contribution in [2.45, 2.75) is 6.92 Å². The van der Waals surface area contributed by atoms with Gasteiger partial charge in [-0.1, -0.05) is 48.0 Å². The Kier molecular flexibility index (Phi) is 6.67. The molecule has 0 bridgehead atoms. The molecule has 0 saturated carbocycles. The van der Waals surface area contributed by atoms with Crippen LogP contribution in [0, 0.1) is 6.92 Å². The highest BCUT2D eigenvalue weighted by atomic mass is 16.5. The number of aromatic nitrogens is 2. The van der Waals surface area contributed by atoms with Gasteiger partial charge in [-0.15, -0.1) is 0 Å². The summed E-state index contributed by atoms with van der Waals surface area (Å²) in [4.78, 5) is 21.6. The molecule has 6 nitrogen and oxygen atoms in total. The van der Waals surface area contributed by atoms with Crippen molar-refractivity contribution in [3.8, 4) is 22.8 Å². The third-order valence-electron chi connectivity index (χ3n) is 5.47. The zero-order chi connectivity index (χ0) is 24.7. The van der Waals surface area contributed by atoms with Gasteiger partial charge in [0.1, 0.15) is 23.6 Å². The van der Waals surface area contributed by atoms with Crippen LogP contribution < -0.4 is 15.4 Å². The number of rotatable bonds is 7. The molecule has 1 aromatic heterocycles. The predicted octanol–water partition coefficient (Wildman–Crippen LogP) is 7.24. The van der Waals surface area contributed by atoms with Crippen molar-refractivity contribution in [1.82, 2.24) is 9.97 Å². The van der Waals surface area contributed by atoms with Gasteiger partial charge in [-0.2, -0.15) is 0 Å². The van der Waals surface area contributed by atoms with E-state index < -0.39 is 0 Å². The highest BCUT2D eigenvalue weighted by Gasteiger charge is 2.09. The standard InChI is InChI=1S/C30H24N4O2/c1-21-7-5-8-22(17-21)28-19-29(32-20-31-28)33-25-10-6-9-23(18-25)30(35)34-24-13-15-27(16-14-24)36-26-11-3-2-4-12-26/h2-20H,1H3,(H,34,35)(H,31,32,33). The van der Waals surface area contributed by atoms with Gasteiger partial charge in [0.25, 0.3) is 5.91 Å². The van der Waals surface area contributed by atoms with E-state index in [-0.39, 0.29) is 5.91 Å². The number of ether oxygens (including phenoxy) is 1. The summed E-state index contributed by atoms with van der Waals surface area (Å²) >= 11 is 0. The van der Waals surface area contributed by atoms with Gasteiger partial charge < -0.3 is 15.4 Å². The summed E-state index contributed by atoms with van der Waals surface area (Å²) in [5.41, 5.74) is 4.97. The number of aryl methyl sites for hydroxylation is 1. The van der Waals surface area contributed by atoms with E-state index in [2.05, 4.69) is 26.7 Å². The number of hydrogen-bond acceptors (Lipinski definition) is 5. The second-order valence-corrected chi connectivity index (χ2v) is 8.26. The summed E-state index contributed by atoms with van der Waals surface area (Å²) in [6.07, 6.45) is 1.53. The number of amides is 1. The molecule has 36 heavy (non-hydrogen) atoms. The first-order valence-electron chi connectivity index (χ1n) is 11.5. The molecule has 0 fully saturated rings. The molecule has 5 aromatic rings. The minimum Gasteiger partial charge on any atom is -0.457 e. The molecule has 0 aliphatic heterocycles. The van der Waals surface area contributed by atoms with Gasteiger partial charge in [0.2, 0.25) is 0 Å². The number of carbonyl (C=O) groups excluding carboxylic acids is 1. The Morgan fingerprint density at radius 3 is 2.31 bits per heavy atom. The van der Waals surface area contributed by atoms with E-state index in [4.69, 9.17) is 4.74 Å². The minimum atomic E-state index is -0.210. The molecule has 0 radical (unpaired) electrons. The minimum absolute atomic E-state index is 0.210. The average Bonchev–Trinajstić information content (AvgIpc) is 2.91. The van der Waals surface area contributed by atoms with E-state index in [0.29, 0.717) is 22.8 Å². The van der Waals surface area contributed by atoms with Gasteiger partial charge in [-0.3, -0.25) is 4.79 Å². The molecular formula is C30H24N4O2. The van der Waals surface area contributed by atoms with Crippen molar-refractivity contribution < 1.29 is 9.53 Å². The zero-order valence-corrected chi connectivity index (χ0v) is 19.7. The van der Waals surface area contributed by atoms with Crippen molar-refractivity contribution in [2.24, 2.45) is 0 Å². The SMILES string of the molecule is Cc1cccc(-c2cc(Nc3cccc(C(=O)Nc4ccc(Oc5ccccc5)cc4)c3)ncn2)c1. The lowest BCUT2D eigenvalue weighted by molar-refractivity contribution is 0.102. The molecule has 0 unspecified atom stereocenters. The Morgan fingerprint density at radius 1 is 0.722 bits per heavy atom. The highest BCUT2D eigenvalue weighted by Crippen LogP contribution is 2.24. The third-order valence-corrected chi connectivity index (χ3v) is 5.47.